The van der Waals surface area contributed by atoms with Gasteiger partial charge in [0.25, 0.3) is 5.91 Å². The molecule has 0 N–H and O–H groups in total. The SMILES string of the molecule is CN1CC[C@@]2(CN(C(=O)[C@H]3CCCO3)C[C@H]2c2ccccc2)C1=O. The highest BCUT2D eigenvalue weighted by atomic mass is 16.5. The van der Waals surface area contributed by atoms with Gasteiger partial charge in [0.2, 0.25) is 5.91 Å². The molecule has 2 amide bonds. The molecular weight excluding hydrogens is 304 g/mol. The van der Waals surface area contributed by atoms with Crippen LogP contribution in [0.2, 0.25) is 0 Å². The number of carbonyl (C=O) groups is 2. The van der Waals surface area contributed by atoms with Crippen molar-refractivity contribution in [2.75, 3.05) is 33.3 Å². The Morgan fingerprint density at radius 2 is 2.08 bits per heavy atom. The summed E-state index contributed by atoms with van der Waals surface area (Å²) in [6, 6.07) is 10.2. The Bertz CT molecular complexity index is 641. The Labute approximate surface area is 142 Å². The molecule has 1 aromatic carbocycles. The summed E-state index contributed by atoms with van der Waals surface area (Å²) in [4.78, 5) is 29.5. The summed E-state index contributed by atoms with van der Waals surface area (Å²) < 4.78 is 5.58. The van der Waals surface area contributed by atoms with Crippen LogP contribution in [0.1, 0.15) is 30.7 Å². The van der Waals surface area contributed by atoms with Crippen molar-refractivity contribution in [1.29, 1.82) is 0 Å². The van der Waals surface area contributed by atoms with Gasteiger partial charge >= 0.3 is 0 Å². The monoisotopic (exact) mass is 328 g/mol. The highest BCUT2D eigenvalue weighted by Gasteiger charge is 2.57. The number of likely N-dealkylation sites (tertiary alicyclic amines) is 2. The number of hydrogen-bond acceptors (Lipinski definition) is 3. The zero-order valence-electron chi connectivity index (χ0n) is 14.1. The zero-order chi connectivity index (χ0) is 16.7. The van der Waals surface area contributed by atoms with E-state index < -0.39 is 5.41 Å². The second-order valence-electron chi connectivity index (χ2n) is 7.32. The van der Waals surface area contributed by atoms with Crippen LogP contribution < -0.4 is 0 Å². The Morgan fingerprint density at radius 1 is 1.29 bits per heavy atom. The predicted octanol–water partition coefficient (Wildman–Crippen LogP) is 1.64. The second-order valence-corrected chi connectivity index (χ2v) is 7.32. The van der Waals surface area contributed by atoms with Gasteiger partial charge in [0, 0.05) is 39.2 Å². The number of nitrogens with zero attached hydrogens (tertiary/aromatic N) is 2. The quantitative estimate of drug-likeness (QED) is 0.829. The predicted molar refractivity (Wildman–Crippen MR) is 89.4 cm³/mol. The topological polar surface area (TPSA) is 49.9 Å². The van der Waals surface area contributed by atoms with Crippen LogP contribution in [0.25, 0.3) is 0 Å². The number of ether oxygens (including phenoxy) is 1. The van der Waals surface area contributed by atoms with E-state index in [1.807, 2.05) is 35.0 Å². The minimum absolute atomic E-state index is 0.0626. The average molecular weight is 328 g/mol. The molecule has 3 heterocycles. The van der Waals surface area contributed by atoms with Crippen LogP contribution in [0.15, 0.2) is 30.3 Å². The molecule has 0 aromatic heterocycles. The Balaban J connectivity index is 1.65. The fourth-order valence-electron chi connectivity index (χ4n) is 4.59. The molecule has 3 aliphatic rings. The Morgan fingerprint density at radius 3 is 2.71 bits per heavy atom. The molecule has 24 heavy (non-hydrogen) atoms. The third kappa shape index (κ3) is 2.34. The standard InChI is InChI=1S/C19H24N2O3/c1-20-10-9-19(18(20)23)13-21(17(22)16-8-5-11-24-16)12-15(19)14-6-3-2-4-7-14/h2-4,6-7,15-16H,5,8-13H2,1H3/t15-,16+,19-/m0/s1. The van der Waals surface area contributed by atoms with Crippen LogP contribution in [0.3, 0.4) is 0 Å². The van der Waals surface area contributed by atoms with Gasteiger partial charge in [0.05, 0.1) is 5.41 Å². The molecule has 0 bridgehead atoms. The van der Waals surface area contributed by atoms with Crippen molar-refractivity contribution in [2.24, 2.45) is 5.41 Å². The highest BCUT2D eigenvalue weighted by molar-refractivity contribution is 5.89. The van der Waals surface area contributed by atoms with Gasteiger partial charge in [-0.1, -0.05) is 30.3 Å². The van der Waals surface area contributed by atoms with E-state index in [2.05, 4.69) is 12.1 Å². The van der Waals surface area contributed by atoms with Crippen molar-refractivity contribution in [3.63, 3.8) is 0 Å². The van der Waals surface area contributed by atoms with Crippen molar-refractivity contribution < 1.29 is 14.3 Å². The molecule has 5 heteroatoms. The van der Waals surface area contributed by atoms with E-state index in [0.29, 0.717) is 19.7 Å². The first-order chi connectivity index (χ1) is 11.6. The van der Waals surface area contributed by atoms with Gasteiger partial charge in [-0.2, -0.15) is 0 Å². The number of hydrogen-bond donors (Lipinski definition) is 0. The number of amides is 2. The van der Waals surface area contributed by atoms with Crippen molar-refractivity contribution in [3.05, 3.63) is 35.9 Å². The van der Waals surface area contributed by atoms with E-state index in [9.17, 15) is 9.59 Å². The average Bonchev–Trinajstić information content (AvgIpc) is 3.33. The van der Waals surface area contributed by atoms with Crippen molar-refractivity contribution in [1.82, 2.24) is 9.80 Å². The largest absolute Gasteiger partial charge is 0.368 e. The van der Waals surface area contributed by atoms with Gasteiger partial charge in [-0.25, -0.2) is 0 Å². The molecule has 128 valence electrons. The first kappa shape index (κ1) is 15.6. The Hall–Kier alpha value is -1.88. The lowest BCUT2D eigenvalue weighted by Crippen LogP contribution is -2.41. The van der Waals surface area contributed by atoms with Crippen LogP contribution in [0, 0.1) is 5.41 Å². The summed E-state index contributed by atoms with van der Waals surface area (Å²) in [5, 5.41) is 0. The molecule has 3 aliphatic heterocycles. The van der Waals surface area contributed by atoms with E-state index in [4.69, 9.17) is 4.74 Å². The molecule has 0 radical (unpaired) electrons. The zero-order valence-corrected chi connectivity index (χ0v) is 14.1. The van der Waals surface area contributed by atoms with Crippen LogP contribution in [0.5, 0.6) is 0 Å². The van der Waals surface area contributed by atoms with Crippen molar-refractivity contribution >= 4 is 11.8 Å². The van der Waals surface area contributed by atoms with E-state index in [1.165, 1.54) is 0 Å². The van der Waals surface area contributed by atoms with Gasteiger partial charge in [-0.05, 0) is 24.8 Å². The number of benzene rings is 1. The number of rotatable bonds is 2. The molecule has 0 aliphatic carbocycles. The van der Waals surface area contributed by atoms with Gasteiger partial charge in [-0.15, -0.1) is 0 Å². The molecule has 3 atom stereocenters. The summed E-state index contributed by atoms with van der Waals surface area (Å²) in [7, 11) is 1.86. The summed E-state index contributed by atoms with van der Waals surface area (Å²) in [6.07, 6.45) is 2.24. The third-order valence-corrected chi connectivity index (χ3v) is 5.93. The molecule has 1 aromatic rings. The minimum Gasteiger partial charge on any atom is -0.368 e. The summed E-state index contributed by atoms with van der Waals surface area (Å²) in [5.41, 5.74) is 0.688. The lowest BCUT2D eigenvalue weighted by molar-refractivity contribution is -0.141. The van der Waals surface area contributed by atoms with Gasteiger partial charge < -0.3 is 14.5 Å². The fourth-order valence-corrected chi connectivity index (χ4v) is 4.59. The number of carbonyl (C=O) groups excluding carboxylic acids is 2. The molecule has 4 rings (SSSR count). The van der Waals surface area contributed by atoms with Crippen LogP contribution in [-0.4, -0.2) is 61.0 Å². The highest BCUT2D eigenvalue weighted by Crippen LogP contribution is 2.49. The molecule has 0 saturated carbocycles. The smallest absolute Gasteiger partial charge is 0.251 e. The van der Waals surface area contributed by atoms with Crippen LogP contribution in [0.4, 0.5) is 0 Å². The summed E-state index contributed by atoms with van der Waals surface area (Å²) >= 11 is 0. The van der Waals surface area contributed by atoms with E-state index in [-0.39, 0.29) is 23.8 Å². The maximum Gasteiger partial charge on any atom is 0.251 e. The maximum absolute atomic E-state index is 13.0. The summed E-state index contributed by atoms with van der Waals surface area (Å²) in [5.74, 6) is 0.313. The van der Waals surface area contributed by atoms with Crippen molar-refractivity contribution in [3.8, 4) is 0 Å². The van der Waals surface area contributed by atoms with Crippen LogP contribution >= 0.6 is 0 Å². The van der Waals surface area contributed by atoms with Gasteiger partial charge in [0.1, 0.15) is 6.10 Å². The van der Waals surface area contributed by atoms with Gasteiger partial charge in [-0.3, -0.25) is 9.59 Å². The molecule has 3 saturated heterocycles. The lowest BCUT2D eigenvalue weighted by atomic mass is 9.73. The van der Waals surface area contributed by atoms with E-state index >= 15 is 0 Å². The third-order valence-electron chi connectivity index (χ3n) is 5.93. The molecule has 3 fully saturated rings. The van der Waals surface area contributed by atoms with Gasteiger partial charge in [0.15, 0.2) is 0 Å². The van der Waals surface area contributed by atoms with Crippen LogP contribution in [-0.2, 0) is 14.3 Å². The second kappa shape index (κ2) is 5.88. The van der Waals surface area contributed by atoms with E-state index in [0.717, 1.165) is 31.4 Å². The first-order valence-electron chi connectivity index (χ1n) is 8.83. The maximum atomic E-state index is 13.0. The molecule has 1 spiro atoms. The van der Waals surface area contributed by atoms with E-state index in [1.54, 1.807) is 0 Å². The summed E-state index contributed by atoms with van der Waals surface area (Å²) in [6.45, 7) is 2.57. The first-order valence-corrected chi connectivity index (χ1v) is 8.83. The molecule has 5 nitrogen and oxygen atoms in total. The molecule has 0 unspecified atom stereocenters. The molecular formula is C19H24N2O3. The Kier molecular flexibility index (Phi) is 3.83. The lowest BCUT2D eigenvalue weighted by Gasteiger charge is -2.28. The normalized spacial score (nSPS) is 33.0. The van der Waals surface area contributed by atoms with Crippen molar-refractivity contribution in [2.45, 2.75) is 31.3 Å². The fraction of sp³-hybridized carbons (Fsp3) is 0.579. The minimum atomic E-state index is -0.468.